The minimum absolute atomic E-state index is 0. The van der Waals surface area contributed by atoms with E-state index in [0.29, 0.717) is 0 Å². The fourth-order valence-electron chi connectivity index (χ4n) is 0.687. The third-order valence-corrected chi connectivity index (χ3v) is 1.08. The molecule has 3 heteroatoms. The van der Waals surface area contributed by atoms with Gasteiger partial charge in [-0.3, -0.25) is 0 Å². The molecule has 0 N–H and O–H groups in total. The van der Waals surface area contributed by atoms with Crippen molar-refractivity contribution < 1.29 is 58.3 Å². The molecule has 0 spiro atoms. The standard InChI is InChI=1S/C5H10O.HI.Na/c1-2-4-6-5-3-1;;/h1-5H2;1H;/q;;+1/p-1. The van der Waals surface area contributed by atoms with Gasteiger partial charge in [0.2, 0.25) is 0 Å². The van der Waals surface area contributed by atoms with E-state index in [1.54, 1.807) is 0 Å². The number of hydrogen-bond acceptors (Lipinski definition) is 1. The van der Waals surface area contributed by atoms with Crippen LogP contribution >= 0.6 is 0 Å². The van der Waals surface area contributed by atoms with Gasteiger partial charge in [-0.25, -0.2) is 0 Å². The summed E-state index contributed by atoms with van der Waals surface area (Å²) >= 11 is 0. The van der Waals surface area contributed by atoms with Crippen LogP contribution in [0.5, 0.6) is 0 Å². The molecule has 1 rings (SSSR count). The Morgan fingerprint density at radius 3 is 1.50 bits per heavy atom. The van der Waals surface area contributed by atoms with Crippen molar-refractivity contribution in [3.63, 3.8) is 0 Å². The van der Waals surface area contributed by atoms with E-state index in [-0.39, 0.29) is 53.5 Å². The first kappa shape index (κ1) is 12.4. The van der Waals surface area contributed by atoms with Gasteiger partial charge in [0.1, 0.15) is 0 Å². The molecule has 0 atom stereocenters. The third kappa shape index (κ3) is 5.82. The number of ether oxygens (including phenoxy) is 1. The number of rotatable bonds is 0. The average molecular weight is 236 g/mol. The summed E-state index contributed by atoms with van der Waals surface area (Å²) in [5, 5.41) is 0. The van der Waals surface area contributed by atoms with Gasteiger partial charge in [0.05, 0.1) is 0 Å². The molecule has 0 radical (unpaired) electrons. The first-order chi connectivity index (χ1) is 3.00. The van der Waals surface area contributed by atoms with Crippen LogP contribution in [0.25, 0.3) is 0 Å². The van der Waals surface area contributed by atoms with Crippen molar-refractivity contribution in [1.29, 1.82) is 0 Å². The van der Waals surface area contributed by atoms with Crippen LogP contribution < -0.4 is 53.5 Å². The Balaban J connectivity index is 0. The molecule has 1 nitrogen and oxygen atoms in total. The predicted octanol–water partition coefficient (Wildman–Crippen LogP) is -4.81. The maximum absolute atomic E-state index is 5.07. The van der Waals surface area contributed by atoms with E-state index < -0.39 is 0 Å². The molecule has 8 heavy (non-hydrogen) atoms. The van der Waals surface area contributed by atoms with Crippen LogP contribution in [0, 0.1) is 0 Å². The monoisotopic (exact) mass is 236 g/mol. The summed E-state index contributed by atoms with van der Waals surface area (Å²) in [4.78, 5) is 0. The number of halogens is 1. The summed E-state index contributed by atoms with van der Waals surface area (Å²) in [7, 11) is 0. The fourth-order valence-corrected chi connectivity index (χ4v) is 0.687. The summed E-state index contributed by atoms with van der Waals surface area (Å²) in [6.45, 7) is 2.00. The van der Waals surface area contributed by atoms with Gasteiger partial charge in [0, 0.05) is 13.2 Å². The molecule has 0 aromatic heterocycles. The van der Waals surface area contributed by atoms with Crippen molar-refractivity contribution >= 4 is 0 Å². The molecule has 0 bridgehead atoms. The Morgan fingerprint density at radius 2 is 1.38 bits per heavy atom. The Hall–Kier alpha value is 1.69. The number of hydrogen-bond donors (Lipinski definition) is 0. The Morgan fingerprint density at radius 1 is 0.875 bits per heavy atom. The average Bonchev–Trinajstić information content (AvgIpc) is 1.72. The second-order valence-corrected chi connectivity index (χ2v) is 1.67. The molecular weight excluding hydrogens is 226 g/mol. The van der Waals surface area contributed by atoms with Crippen molar-refractivity contribution in [3.05, 3.63) is 0 Å². The van der Waals surface area contributed by atoms with Gasteiger partial charge in [-0.15, -0.1) is 0 Å². The smallest absolute Gasteiger partial charge is 1.00 e. The van der Waals surface area contributed by atoms with Crippen LogP contribution in [0.4, 0.5) is 0 Å². The molecular formula is C5H10INaO. The van der Waals surface area contributed by atoms with Gasteiger partial charge < -0.3 is 28.7 Å². The summed E-state index contributed by atoms with van der Waals surface area (Å²) in [6.07, 6.45) is 3.93. The van der Waals surface area contributed by atoms with E-state index in [0.717, 1.165) is 13.2 Å². The van der Waals surface area contributed by atoms with Gasteiger partial charge in [-0.2, -0.15) is 0 Å². The van der Waals surface area contributed by atoms with Gasteiger partial charge >= 0.3 is 29.6 Å². The molecule has 1 saturated heterocycles. The van der Waals surface area contributed by atoms with Crippen LogP contribution in [0.1, 0.15) is 19.3 Å². The zero-order valence-corrected chi connectivity index (χ0v) is 9.48. The SMILES string of the molecule is C1CCOCC1.[I-].[Na+]. The van der Waals surface area contributed by atoms with Gasteiger partial charge in [-0.05, 0) is 19.3 Å². The summed E-state index contributed by atoms with van der Waals surface area (Å²) in [5.41, 5.74) is 0. The molecule has 0 saturated carbocycles. The molecule has 0 aromatic rings. The van der Waals surface area contributed by atoms with Crippen molar-refractivity contribution in [2.75, 3.05) is 13.2 Å². The van der Waals surface area contributed by atoms with Crippen molar-refractivity contribution in [2.24, 2.45) is 0 Å². The van der Waals surface area contributed by atoms with Crippen molar-refractivity contribution in [2.45, 2.75) is 19.3 Å². The summed E-state index contributed by atoms with van der Waals surface area (Å²) in [6, 6.07) is 0. The topological polar surface area (TPSA) is 9.23 Å². The van der Waals surface area contributed by atoms with Crippen LogP contribution in [0.3, 0.4) is 0 Å². The van der Waals surface area contributed by atoms with Gasteiger partial charge in [0.25, 0.3) is 0 Å². The van der Waals surface area contributed by atoms with Crippen molar-refractivity contribution in [1.82, 2.24) is 0 Å². The van der Waals surface area contributed by atoms with Crippen LogP contribution in [-0.4, -0.2) is 13.2 Å². The van der Waals surface area contributed by atoms with E-state index in [1.807, 2.05) is 0 Å². The maximum Gasteiger partial charge on any atom is 1.00 e. The van der Waals surface area contributed by atoms with Crippen molar-refractivity contribution in [3.8, 4) is 0 Å². The second kappa shape index (κ2) is 8.69. The van der Waals surface area contributed by atoms with E-state index >= 15 is 0 Å². The molecule has 0 unspecified atom stereocenters. The molecule has 0 aromatic carbocycles. The zero-order valence-electron chi connectivity index (χ0n) is 5.32. The molecule has 1 aliphatic rings. The summed E-state index contributed by atoms with van der Waals surface area (Å²) in [5.74, 6) is 0. The van der Waals surface area contributed by atoms with Crippen LogP contribution in [0.2, 0.25) is 0 Å². The minimum Gasteiger partial charge on any atom is -1.00 e. The predicted molar refractivity (Wildman–Crippen MR) is 24.7 cm³/mol. The first-order valence-corrected chi connectivity index (χ1v) is 2.58. The van der Waals surface area contributed by atoms with Crippen LogP contribution in [-0.2, 0) is 4.74 Å². The van der Waals surface area contributed by atoms with E-state index in [2.05, 4.69) is 0 Å². The molecule has 44 valence electrons. The Bertz CT molecular complexity index is 27.9. The second-order valence-electron chi connectivity index (χ2n) is 1.67. The van der Waals surface area contributed by atoms with E-state index in [1.165, 1.54) is 19.3 Å². The largest absolute Gasteiger partial charge is 1.00 e. The van der Waals surface area contributed by atoms with E-state index in [9.17, 15) is 0 Å². The quantitative estimate of drug-likeness (QED) is 0.303. The summed E-state index contributed by atoms with van der Waals surface area (Å²) < 4.78 is 5.07. The normalized spacial score (nSPS) is 18.0. The molecule has 1 fully saturated rings. The molecule has 1 aliphatic heterocycles. The third-order valence-electron chi connectivity index (χ3n) is 1.08. The van der Waals surface area contributed by atoms with Crippen LogP contribution in [0.15, 0.2) is 0 Å². The first-order valence-electron chi connectivity index (χ1n) is 2.58. The maximum atomic E-state index is 5.07. The van der Waals surface area contributed by atoms with Gasteiger partial charge in [-0.1, -0.05) is 0 Å². The Kier molecular flexibility index (Phi) is 13.4. The Labute approximate surface area is 89.9 Å². The molecule has 1 heterocycles. The molecule has 0 aliphatic carbocycles. The van der Waals surface area contributed by atoms with E-state index in [4.69, 9.17) is 4.74 Å². The van der Waals surface area contributed by atoms with Gasteiger partial charge in [0.15, 0.2) is 0 Å². The molecule has 0 amide bonds. The zero-order chi connectivity index (χ0) is 4.24. The minimum atomic E-state index is 0. The fraction of sp³-hybridized carbons (Fsp3) is 1.00.